The lowest BCUT2D eigenvalue weighted by Gasteiger charge is -2.26. The lowest BCUT2D eigenvalue weighted by molar-refractivity contribution is 1.28. The number of para-hydroxylation sites is 3. The first kappa shape index (κ1) is 32.6. The van der Waals surface area contributed by atoms with Gasteiger partial charge in [-0.25, -0.2) is 4.98 Å². The van der Waals surface area contributed by atoms with Crippen molar-refractivity contribution in [1.82, 2.24) is 4.98 Å². The summed E-state index contributed by atoms with van der Waals surface area (Å²) in [7, 11) is 0. The largest absolute Gasteiger partial charge is 0.310 e. The van der Waals surface area contributed by atoms with Gasteiger partial charge in [-0.2, -0.15) is 0 Å². The fraction of sp³-hybridized carbons (Fsp3) is 0. The van der Waals surface area contributed by atoms with E-state index < -0.39 is 0 Å². The minimum Gasteiger partial charge on any atom is -0.310 e. The molecule has 0 saturated heterocycles. The van der Waals surface area contributed by atoms with E-state index in [1.54, 1.807) is 11.3 Å². The lowest BCUT2D eigenvalue weighted by Crippen LogP contribution is -2.10. The van der Waals surface area contributed by atoms with Gasteiger partial charge in [0.25, 0.3) is 0 Å². The van der Waals surface area contributed by atoms with Crippen LogP contribution in [0.3, 0.4) is 0 Å². The number of hydrogen-bond donors (Lipinski definition) is 0. The molecular weight excluding hydrogens is 687 g/mol. The van der Waals surface area contributed by atoms with Gasteiger partial charge in [0, 0.05) is 50.5 Å². The van der Waals surface area contributed by atoms with Crippen LogP contribution in [0.1, 0.15) is 0 Å². The van der Waals surface area contributed by atoms with Crippen molar-refractivity contribution in [2.45, 2.75) is 0 Å². The number of benzene rings is 9. The quantitative estimate of drug-likeness (QED) is 0.146. The van der Waals surface area contributed by atoms with Crippen LogP contribution < -0.4 is 9.80 Å². The van der Waals surface area contributed by atoms with Gasteiger partial charge in [-0.05, 0) is 94.7 Å². The number of hydrogen-bond acceptors (Lipinski definition) is 4. The summed E-state index contributed by atoms with van der Waals surface area (Å²) in [6, 6.07) is 75.5. The van der Waals surface area contributed by atoms with E-state index >= 15 is 0 Å². The second-order valence-electron chi connectivity index (χ2n) is 13.6. The fourth-order valence-electron chi connectivity index (χ4n) is 7.69. The van der Waals surface area contributed by atoms with Crippen molar-refractivity contribution in [3.05, 3.63) is 212 Å². The zero-order chi connectivity index (χ0) is 36.6. The highest BCUT2D eigenvalue weighted by Crippen LogP contribution is 2.45. The molecule has 0 spiro atoms. The number of thiazole rings is 1. The van der Waals surface area contributed by atoms with E-state index in [-0.39, 0.29) is 0 Å². The summed E-state index contributed by atoms with van der Waals surface area (Å²) in [4.78, 5) is 10.1. The van der Waals surface area contributed by atoms with Crippen LogP contribution >= 0.6 is 11.3 Å². The summed E-state index contributed by atoms with van der Waals surface area (Å²) < 4.78 is 1.20. The zero-order valence-corrected chi connectivity index (χ0v) is 30.8. The van der Waals surface area contributed by atoms with Crippen molar-refractivity contribution in [3.63, 3.8) is 0 Å². The van der Waals surface area contributed by atoms with E-state index in [1.165, 1.54) is 32.0 Å². The Hall–Kier alpha value is -7.01. The SMILES string of the molecule is c1ccc(-c2cccc(N(c3ccccc3)c3cccc(-c4nc5c6cc(N(c7ccccc7)c7ccccc7)ccc6c6ccccc6c5s4)c3)c2)cc1. The van der Waals surface area contributed by atoms with Crippen LogP contribution in [-0.4, -0.2) is 4.98 Å². The summed E-state index contributed by atoms with van der Waals surface area (Å²) in [5.74, 6) is 0. The van der Waals surface area contributed by atoms with E-state index in [0.717, 1.165) is 55.6 Å². The second-order valence-corrected chi connectivity index (χ2v) is 14.6. The predicted octanol–water partition coefficient (Wildman–Crippen LogP) is 14.9. The molecule has 3 nitrogen and oxygen atoms in total. The molecule has 0 aliphatic rings. The van der Waals surface area contributed by atoms with Gasteiger partial charge in [0.1, 0.15) is 5.01 Å². The fourth-order valence-corrected chi connectivity index (χ4v) is 8.80. The molecule has 260 valence electrons. The first-order valence-electron chi connectivity index (χ1n) is 18.5. The van der Waals surface area contributed by atoms with Crippen LogP contribution in [0.15, 0.2) is 212 Å². The van der Waals surface area contributed by atoms with Gasteiger partial charge in [-0.15, -0.1) is 11.3 Å². The van der Waals surface area contributed by atoms with Crippen LogP contribution in [0.25, 0.3) is 53.5 Å². The van der Waals surface area contributed by atoms with Crippen LogP contribution in [-0.2, 0) is 0 Å². The third-order valence-corrected chi connectivity index (χ3v) is 11.3. The third kappa shape index (κ3) is 6.09. The van der Waals surface area contributed by atoms with Gasteiger partial charge in [0.2, 0.25) is 0 Å². The van der Waals surface area contributed by atoms with E-state index in [0.29, 0.717) is 0 Å². The van der Waals surface area contributed by atoms with Gasteiger partial charge in [0.05, 0.1) is 10.2 Å². The molecular formula is C51H35N3S. The molecule has 1 aromatic heterocycles. The topological polar surface area (TPSA) is 19.4 Å². The molecule has 55 heavy (non-hydrogen) atoms. The van der Waals surface area contributed by atoms with E-state index in [9.17, 15) is 0 Å². The molecule has 0 amide bonds. The Labute approximate surface area is 324 Å². The van der Waals surface area contributed by atoms with Crippen LogP contribution in [0.5, 0.6) is 0 Å². The molecule has 0 aliphatic heterocycles. The maximum atomic E-state index is 5.49. The number of anilines is 6. The van der Waals surface area contributed by atoms with E-state index in [4.69, 9.17) is 4.98 Å². The Morgan fingerprint density at radius 3 is 1.36 bits per heavy atom. The highest BCUT2D eigenvalue weighted by atomic mass is 32.1. The Morgan fingerprint density at radius 2 is 0.745 bits per heavy atom. The average molecular weight is 722 g/mol. The molecule has 10 aromatic rings. The molecule has 0 saturated carbocycles. The predicted molar refractivity (Wildman–Crippen MR) is 235 cm³/mol. The summed E-state index contributed by atoms with van der Waals surface area (Å²) >= 11 is 1.77. The van der Waals surface area contributed by atoms with Gasteiger partial charge in [0.15, 0.2) is 0 Å². The van der Waals surface area contributed by atoms with Crippen molar-refractivity contribution >= 4 is 77.2 Å². The maximum Gasteiger partial charge on any atom is 0.124 e. The Bertz CT molecular complexity index is 2890. The van der Waals surface area contributed by atoms with E-state index in [2.05, 4.69) is 222 Å². The lowest BCUT2D eigenvalue weighted by atomic mass is 10.00. The molecule has 10 rings (SSSR count). The summed E-state index contributed by atoms with van der Waals surface area (Å²) in [6.07, 6.45) is 0. The summed E-state index contributed by atoms with van der Waals surface area (Å²) in [5.41, 5.74) is 11.1. The summed E-state index contributed by atoms with van der Waals surface area (Å²) in [6.45, 7) is 0. The molecule has 4 heteroatoms. The minimum atomic E-state index is 0.994. The van der Waals surface area contributed by atoms with Gasteiger partial charge >= 0.3 is 0 Å². The molecule has 0 radical (unpaired) electrons. The number of nitrogens with zero attached hydrogens (tertiary/aromatic N) is 3. The zero-order valence-electron chi connectivity index (χ0n) is 30.0. The number of rotatable bonds is 8. The first-order chi connectivity index (χ1) is 27.3. The summed E-state index contributed by atoms with van der Waals surface area (Å²) in [5, 5.41) is 5.80. The Kier molecular flexibility index (Phi) is 8.36. The molecule has 1 heterocycles. The van der Waals surface area contributed by atoms with Gasteiger partial charge in [-0.3, -0.25) is 0 Å². The van der Waals surface area contributed by atoms with Crippen molar-refractivity contribution < 1.29 is 0 Å². The van der Waals surface area contributed by atoms with Gasteiger partial charge in [-0.1, -0.05) is 140 Å². The van der Waals surface area contributed by atoms with Crippen molar-refractivity contribution in [2.24, 2.45) is 0 Å². The number of aromatic nitrogens is 1. The molecule has 0 unspecified atom stereocenters. The maximum absolute atomic E-state index is 5.49. The van der Waals surface area contributed by atoms with Crippen molar-refractivity contribution in [3.8, 4) is 21.7 Å². The van der Waals surface area contributed by atoms with Crippen molar-refractivity contribution in [1.29, 1.82) is 0 Å². The normalized spacial score (nSPS) is 11.3. The molecule has 0 N–H and O–H groups in total. The second kappa shape index (κ2) is 14.1. The highest BCUT2D eigenvalue weighted by Gasteiger charge is 2.20. The Balaban J connectivity index is 1.13. The van der Waals surface area contributed by atoms with Crippen LogP contribution in [0.4, 0.5) is 34.1 Å². The number of fused-ring (bicyclic) bond motifs is 6. The smallest absolute Gasteiger partial charge is 0.124 e. The average Bonchev–Trinajstić information content (AvgIpc) is 3.72. The molecule has 0 aliphatic carbocycles. The van der Waals surface area contributed by atoms with E-state index in [1.807, 2.05) is 0 Å². The first-order valence-corrected chi connectivity index (χ1v) is 19.4. The minimum absolute atomic E-state index is 0.994. The van der Waals surface area contributed by atoms with Gasteiger partial charge < -0.3 is 9.80 Å². The highest BCUT2D eigenvalue weighted by molar-refractivity contribution is 7.22. The monoisotopic (exact) mass is 721 g/mol. The molecule has 0 bridgehead atoms. The van der Waals surface area contributed by atoms with Crippen LogP contribution in [0.2, 0.25) is 0 Å². The van der Waals surface area contributed by atoms with Crippen LogP contribution in [0, 0.1) is 0 Å². The molecule has 9 aromatic carbocycles. The standard InChI is InChI=1S/C51H35N3S/c1-5-17-36(18-6-1)37-19-15-27-42(33-37)54(41-25-11-4-12-26-41)43-28-16-20-38(34-43)51-52-49-48-35-44(31-32-46(48)45-29-13-14-30-47(45)50(49)55-51)53(39-21-7-2-8-22-39)40-23-9-3-10-24-40/h1-35H. The molecule has 0 fully saturated rings. The Morgan fingerprint density at radius 1 is 0.309 bits per heavy atom. The molecule has 0 atom stereocenters. The van der Waals surface area contributed by atoms with Crippen molar-refractivity contribution in [2.75, 3.05) is 9.80 Å². The third-order valence-electron chi connectivity index (χ3n) is 10.2.